The summed E-state index contributed by atoms with van der Waals surface area (Å²) in [4.78, 5) is 48.4. The van der Waals surface area contributed by atoms with Crippen molar-refractivity contribution in [1.82, 2.24) is 16.0 Å². The van der Waals surface area contributed by atoms with Crippen molar-refractivity contribution in [1.29, 1.82) is 0 Å². The van der Waals surface area contributed by atoms with Crippen LogP contribution in [0.1, 0.15) is 91.5 Å². The Balaban J connectivity index is 1.22. The van der Waals surface area contributed by atoms with Gasteiger partial charge in [0.1, 0.15) is 11.8 Å². The van der Waals surface area contributed by atoms with Crippen LogP contribution in [0.15, 0.2) is 76.9 Å². The number of halogens is 1. The molecule has 0 saturated heterocycles. The highest BCUT2D eigenvalue weighted by atomic mass is 127. The number of allylic oxidation sites excluding steroid dienone is 9. The van der Waals surface area contributed by atoms with Gasteiger partial charge in [-0.15, -0.1) is 0 Å². The number of benzene rings is 1. The number of carbonyl (C=O) groups is 4. The van der Waals surface area contributed by atoms with Gasteiger partial charge in [-0.25, -0.2) is 4.79 Å². The molecule has 1 atom stereocenters. The van der Waals surface area contributed by atoms with E-state index in [1.165, 1.54) is 30.4 Å². The molecule has 5 N–H and O–H groups in total. The third-order valence-corrected chi connectivity index (χ3v) is 13.6. The van der Waals surface area contributed by atoms with Crippen LogP contribution in [0.4, 0.5) is 0 Å². The maximum Gasteiger partial charge on any atom is 0.326 e. The van der Waals surface area contributed by atoms with Gasteiger partial charge in [-0.05, 0) is 123 Å². The molecule has 1 aliphatic rings. The number of phenols is 1. The fraction of sp³-hybridized carbons (Fsp3) is 0.677. The van der Waals surface area contributed by atoms with Crippen LogP contribution in [0.2, 0.25) is 0 Å². The Kier molecular flexibility index (Phi) is 46.1. The monoisotopic (exact) mass is 1300 g/mol. The lowest BCUT2D eigenvalue weighted by Crippen LogP contribution is -2.41. The minimum atomic E-state index is -1.11. The predicted octanol–water partition coefficient (Wildman–Crippen LogP) is 7.02. The Morgan fingerprint density at radius 2 is 1.08 bits per heavy atom. The van der Waals surface area contributed by atoms with Gasteiger partial charge in [0.2, 0.25) is 17.7 Å². The summed E-state index contributed by atoms with van der Waals surface area (Å²) in [6.07, 6.45) is 17.9. The summed E-state index contributed by atoms with van der Waals surface area (Å²) in [7, 11) is 0. The summed E-state index contributed by atoms with van der Waals surface area (Å²) in [6, 6.07) is 4.21. The SMILES string of the molecule is CC1=C(/C=C/C(C)=C/C=C/C(C)=C/C(=O)NCCOCCOCCOCCOCCOCCOCCOCCOCCOCCOCCOCCOCCC(=O)NC(CCCCNC(=O)CCc2ccc(O)c(I)c2)C(=O)O)C(C)(C)CCC1. The van der Waals surface area contributed by atoms with Crippen molar-refractivity contribution in [2.45, 2.75) is 98.4 Å². The van der Waals surface area contributed by atoms with Crippen LogP contribution in [0.25, 0.3) is 0 Å². The van der Waals surface area contributed by atoms with Crippen LogP contribution in [-0.4, -0.2) is 212 Å². The standard InChI is InChI=1S/C62H100IN3O18/c1-50(14-17-54-52(3)12-9-21-62(54,4)5)10-8-11-51(2)48-60(70)65-23-25-74-27-29-76-31-33-78-35-37-80-39-41-82-43-45-84-47-46-83-44-42-81-40-38-79-36-34-77-32-30-75-28-26-73-24-20-59(69)66-56(61(71)72)13-6-7-22-64-58(68)19-16-53-15-18-57(67)55(63)49-53/h8,10-11,14-15,17-18,48-49,56,67H,6-7,9,12-13,16,19-47H2,1-5H3,(H,64,68)(H,65,70)(H,66,69)(H,71,72)/b11-8+,17-14+,50-10+,51-48+. The minimum Gasteiger partial charge on any atom is -0.507 e. The first-order chi connectivity index (χ1) is 40.7. The van der Waals surface area contributed by atoms with E-state index in [2.05, 4.69) is 61.9 Å². The van der Waals surface area contributed by atoms with Gasteiger partial charge < -0.3 is 83.0 Å². The van der Waals surface area contributed by atoms with Crippen molar-refractivity contribution < 1.29 is 86.2 Å². The maximum atomic E-state index is 12.3. The summed E-state index contributed by atoms with van der Waals surface area (Å²) >= 11 is 2.04. The molecule has 1 aliphatic carbocycles. The lowest BCUT2D eigenvalue weighted by atomic mass is 9.72. The van der Waals surface area contributed by atoms with Gasteiger partial charge in [0, 0.05) is 32.0 Å². The van der Waals surface area contributed by atoms with Crippen molar-refractivity contribution in [3.63, 3.8) is 0 Å². The van der Waals surface area contributed by atoms with E-state index in [0.29, 0.717) is 184 Å². The van der Waals surface area contributed by atoms with Gasteiger partial charge in [-0.2, -0.15) is 0 Å². The highest BCUT2D eigenvalue weighted by Gasteiger charge is 2.26. The lowest BCUT2D eigenvalue weighted by molar-refractivity contribution is -0.142. The quantitative estimate of drug-likeness (QED) is 0.0190. The number of aliphatic carboxylic acids is 1. The average molecular weight is 1300 g/mol. The Morgan fingerprint density at radius 3 is 1.55 bits per heavy atom. The molecule has 0 saturated carbocycles. The van der Waals surface area contributed by atoms with Crippen molar-refractivity contribution in [2.24, 2.45) is 5.41 Å². The summed E-state index contributed by atoms with van der Waals surface area (Å²) in [6.45, 7) is 21.7. The average Bonchev–Trinajstić information content (AvgIpc) is 3.56. The van der Waals surface area contributed by atoms with Crippen LogP contribution in [-0.2, 0) is 82.4 Å². The summed E-state index contributed by atoms with van der Waals surface area (Å²) in [5.41, 5.74) is 6.14. The number of phenolic OH excluding ortho intramolecular Hbond substituents is 1. The van der Waals surface area contributed by atoms with Crippen molar-refractivity contribution in [2.75, 3.05) is 172 Å². The third-order valence-electron chi connectivity index (χ3n) is 12.8. The number of aryl methyl sites for hydroxylation is 1. The summed E-state index contributed by atoms with van der Waals surface area (Å²) in [5, 5.41) is 27.4. The lowest BCUT2D eigenvalue weighted by Gasteiger charge is -2.32. The number of ether oxygens (including phenoxy) is 12. The van der Waals surface area contributed by atoms with E-state index in [9.17, 15) is 29.4 Å². The van der Waals surface area contributed by atoms with Crippen molar-refractivity contribution in [3.8, 4) is 5.75 Å². The van der Waals surface area contributed by atoms with Crippen LogP contribution in [0.3, 0.4) is 0 Å². The predicted molar refractivity (Wildman–Crippen MR) is 329 cm³/mol. The van der Waals surface area contributed by atoms with Crippen LogP contribution < -0.4 is 16.0 Å². The molecule has 84 heavy (non-hydrogen) atoms. The van der Waals surface area contributed by atoms with E-state index in [0.717, 1.165) is 20.3 Å². The normalized spacial score (nSPS) is 14.2. The molecule has 0 bridgehead atoms. The molecule has 0 radical (unpaired) electrons. The molecule has 3 amide bonds. The number of amides is 3. The fourth-order valence-corrected chi connectivity index (χ4v) is 8.73. The molecule has 0 fully saturated rings. The highest BCUT2D eigenvalue weighted by Crippen LogP contribution is 2.40. The number of aromatic hydroxyl groups is 1. The zero-order valence-electron chi connectivity index (χ0n) is 50.8. The number of hydrogen-bond donors (Lipinski definition) is 5. The Morgan fingerprint density at radius 1 is 0.607 bits per heavy atom. The van der Waals surface area contributed by atoms with Gasteiger partial charge in [0.15, 0.2) is 0 Å². The van der Waals surface area contributed by atoms with E-state index in [4.69, 9.17) is 56.8 Å². The largest absolute Gasteiger partial charge is 0.507 e. The summed E-state index contributed by atoms with van der Waals surface area (Å²) in [5.74, 6) is -1.58. The van der Waals surface area contributed by atoms with Crippen molar-refractivity contribution in [3.05, 3.63) is 86.1 Å². The topological polar surface area (TPSA) is 256 Å². The molecule has 2 rings (SSSR count). The van der Waals surface area contributed by atoms with Gasteiger partial charge >= 0.3 is 5.97 Å². The molecule has 22 heteroatoms. The Hall–Kier alpha value is -4.15. The first-order valence-corrected chi connectivity index (χ1v) is 30.6. The molecule has 478 valence electrons. The third kappa shape index (κ3) is 42.6. The Labute approximate surface area is 513 Å². The zero-order valence-corrected chi connectivity index (χ0v) is 53.0. The van der Waals surface area contributed by atoms with Crippen molar-refractivity contribution >= 4 is 46.3 Å². The number of nitrogens with one attached hydrogen (secondary N) is 3. The van der Waals surface area contributed by atoms with E-state index < -0.39 is 17.9 Å². The number of unbranched alkanes of at least 4 members (excludes halogenated alkanes) is 1. The number of carbonyl (C=O) groups excluding carboxylic acids is 3. The van der Waals surface area contributed by atoms with Gasteiger partial charge in [-0.3, -0.25) is 14.4 Å². The van der Waals surface area contributed by atoms with Gasteiger partial charge in [0.05, 0.1) is 162 Å². The van der Waals surface area contributed by atoms with Crippen LogP contribution in [0, 0.1) is 8.99 Å². The van der Waals surface area contributed by atoms with Gasteiger partial charge in [0.25, 0.3) is 0 Å². The molecule has 1 aromatic carbocycles. The number of carboxylic acid groups (broad SMARTS) is 1. The second-order valence-electron chi connectivity index (χ2n) is 20.4. The molecule has 21 nitrogen and oxygen atoms in total. The van der Waals surface area contributed by atoms with Crippen LogP contribution in [0.5, 0.6) is 5.75 Å². The number of carboxylic acids is 1. The number of hydrogen-bond acceptors (Lipinski definition) is 17. The molecule has 0 aromatic heterocycles. The first-order valence-electron chi connectivity index (χ1n) is 29.6. The maximum absolute atomic E-state index is 12.3. The molecular weight excluding hydrogens is 1200 g/mol. The first kappa shape index (κ1) is 75.9. The molecular formula is C62H100IN3O18. The second-order valence-corrected chi connectivity index (χ2v) is 21.6. The minimum absolute atomic E-state index is 0.0203. The Bertz CT molecular complexity index is 2100. The number of rotatable bonds is 54. The molecule has 0 heterocycles. The molecule has 1 aromatic rings. The van der Waals surface area contributed by atoms with E-state index in [-0.39, 0.29) is 49.0 Å². The second kappa shape index (κ2) is 50.9. The molecule has 1 unspecified atom stereocenters. The van der Waals surface area contributed by atoms with Crippen LogP contribution >= 0.6 is 22.6 Å². The zero-order chi connectivity index (χ0) is 61.1. The highest BCUT2D eigenvalue weighted by molar-refractivity contribution is 14.1. The van der Waals surface area contributed by atoms with E-state index in [1.807, 2.05) is 47.7 Å². The smallest absolute Gasteiger partial charge is 0.326 e. The summed E-state index contributed by atoms with van der Waals surface area (Å²) < 4.78 is 66.9. The van der Waals surface area contributed by atoms with E-state index >= 15 is 0 Å². The van der Waals surface area contributed by atoms with E-state index in [1.54, 1.807) is 18.2 Å². The molecule has 0 aliphatic heterocycles. The molecule has 0 spiro atoms. The fourth-order valence-electron chi connectivity index (χ4n) is 8.15. The van der Waals surface area contributed by atoms with Gasteiger partial charge in [-0.1, -0.05) is 61.4 Å².